The Kier molecular flexibility index (Phi) is 3.54. The molecule has 82 valence electrons. The molecule has 0 spiro atoms. The first-order valence-electron chi connectivity index (χ1n) is 5.51. The highest BCUT2D eigenvalue weighted by Gasteiger charge is 2.00. The minimum absolute atomic E-state index is 1.01. The molecule has 16 heavy (non-hydrogen) atoms. The Morgan fingerprint density at radius 1 is 1.06 bits per heavy atom. The summed E-state index contributed by atoms with van der Waals surface area (Å²) in [4.78, 5) is 6.34. The maximum atomic E-state index is 4.12. The van der Waals surface area contributed by atoms with Gasteiger partial charge in [-0.1, -0.05) is 30.3 Å². The summed E-state index contributed by atoms with van der Waals surface area (Å²) in [5, 5.41) is 0. The van der Waals surface area contributed by atoms with E-state index in [0.29, 0.717) is 0 Å². The molecule has 0 radical (unpaired) electrons. The van der Waals surface area contributed by atoms with E-state index in [2.05, 4.69) is 47.3 Å². The SMILES string of the molecule is CN(CCc1ccccc1)c1cccnc1. The second-order valence-corrected chi connectivity index (χ2v) is 3.87. The summed E-state index contributed by atoms with van der Waals surface area (Å²) in [5.74, 6) is 0. The Bertz CT molecular complexity index is 411. The molecular formula is C14H16N2. The lowest BCUT2D eigenvalue weighted by Crippen LogP contribution is -2.20. The van der Waals surface area contributed by atoms with E-state index < -0.39 is 0 Å². The first-order valence-corrected chi connectivity index (χ1v) is 5.51. The van der Waals surface area contributed by atoms with Crippen LogP contribution in [0.2, 0.25) is 0 Å². The van der Waals surface area contributed by atoms with Crippen LogP contribution >= 0.6 is 0 Å². The molecule has 0 saturated heterocycles. The zero-order valence-electron chi connectivity index (χ0n) is 9.50. The average Bonchev–Trinajstić information content (AvgIpc) is 2.38. The Balaban J connectivity index is 1.92. The van der Waals surface area contributed by atoms with Crippen LogP contribution in [-0.2, 0) is 6.42 Å². The Hall–Kier alpha value is -1.83. The van der Waals surface area contributed by atoms with Gasteiger partial charge in [-0.2, -0.15) is 0 Å². The minimum Gasteiger partial charge on any atom is -0.373 e. The predicted octanol–water partition coefficient (Wildman–Crippen LogP) is 2.76. The van der Waals surface area contributed by atoms with Crippen LogP contribution in [0.25, 0.3) is 0 Å². The molecule has 0 amide bonds. The molecule has 0 aliphatic rings. The normalized spacial score (nSPS) is 10.1. The molecule has 0 atom stereocenters. The number of nitrogens with zero attached hydrogens (tertiary/aromatic N) is 2. The summed E-state index contributed by atoms with van der Waals surface area (Å²) in [6, 6.07) is 14.6. The van der Waals surface area contributed by atoms with Crippen molar-refractivity contribution in [2.75, 3.05) is 18.5 Å². The number of anilines is 1. The number of pyridine rings is 1. The van der Waals surface area contributed by atoms with E-state index in [-0.39, 0.29) is 0 Å². The van der Waals surface area contributed by atoms with Gasteiger partial charge < -0.3 is 4.90 Å². The standard InChI is InChI=1S/C14H16N2/c1-16(14-8-5-10-15-12-14)11-9-13-6-3-2-4-7-13/h2-8,10,12H,9,11H2,1H3. The molecule has 1 heterocycles. The van der Waals surface area contributed by atoms with E-state index >= 15 is 0 Å². The van der Waals surface area contributed by atoms with Crippen LogP contribution in [0.4, 0.5) is 5.69 Å². The van der Waals surface area contributed by atoms with E-state index in [1.807, 2.05) is 18.3 Å². The van der Waals surface area contributed by atoms with Crippen molar-refractivity contribution in [2.45, 2.75) is 6.42 Å². The van der Waals surface area contributed by atoms with Crippen LogP contribution in [0.15, 0.2) is 54.9 Å². The predicted molar refractivity (Wildman–Crippen MR) is 67.7 cm³/mol. The first-order chi connectivity index (χ1) is 7.86. The van der Waals surface area contributed by atoms with Gasteiger partial charge in [0.25, 0.3) is 0 Å². The molecule has 0 unspecified atom stereocenters. The van der Waals surface area contributed by atoms with Crippen molar-refractivity contribution in [3.05, 3.63) is 60.4 Å². The lowest BCUT2D eigenvalue weighted by molar-refractivity contribution is 0.873. The second-order valence-electron chi connectivity index (χ2n) is 3.87. The second kappa shape index (κ2) is 5.31. The van der Waals surface area contributed by atoms with Crippen molar-refractivity contribution in [2.24, 2.45) is 0 Å². The summed E-state index contributed by atoms with van der Waals surface area (Å²) in [5.41, 5.74) is 2.54. The fourth-order valence-electron chi connectivity index (χ4n) is 1.65. The van der Waals surface area contributed by atoms with Crippen molar-refractivity contribution >= 4 is 5.69 Å². The third-order valence-electron chi connectivity index (χ3n) is 2.67. The summed E-state index contributed by atoms with van der Waals surface area (Å²) < 4.78 is 0. The Morgan fingerprint density at radius 3 is 2.56 bits per heavy atom. The quantitative estimate of drug-likeness (QED) is 0.774. The molecule has 2 aromatic rings. The number of aromatic nitrogens is 1. The van der Waals surface area contributed by atoms with Crippen LogP contribution in [0.1, 0.15) is 5.56 Å². The van der Waals surface area contributed by atoms with Crippen molar-refractivity contribution < 1.29 is 0 Å². The lowest BCUT2D eigenvalue weighted by Gasteiger charge is -2.18. The Labute approximate surface area is 96.6 Å². The maximum absolute atomic E-state index is 4.12. The third-order valence-corrected chi connectivity index (χ3v) is 2.67. The average molecular weight is 212 g/mol. The van der Waals surface area contributed by atoms with E-state index in [1.165, 1.54) is 11.3 Å². The van der Waals surface area contributed by atoms with Gasteiger partial charge in [0.2, 0.25) is 0 Å². The van der Waals surface area contributed by atoms with Crippen LogP contribution in [-0.4, -0.2) is 18.6 Å². The minimum atomic E-state index is 1.01. The highest BCUT2D eigenvalue weighted by atomic mass is 15.1. The highest BCUT2D eigenvalue weighted by Crippen LogP contribution is 2.10. The summed E-state index contributed by atoms with van der Waals surface area (Å²) in [6.45, 7) is 1.01. The molecule has 2 heteroatoms. The van der Waals surface area contributed by atoms with E-state index in [9.17, 15) is 0 Å². The van der Waals surface area contributed by atoms with Crippen molar-refractivity contribution in [1.82, 2.24) is 4.98 Å². The third kappa shape index (κ3) is 2.83. The van der Waals surface area contributed by atoms with Crippen LogP contribution < -0.4 is 4.90 Å². The van der Waals surface area contributed by atoms with Gasteiger partial charge in [0.05, 0.1) is 11.9 Å². The molecule has 1 aromatic carbocycles. The van der Waals surface area contributed by atoms with E-state index in [0.717, 1.165) is 13.0 Å². The van der Waals surface area contributed by atoms with Gasteiger partial charge in [-0.05, 0) is 24.1 Å². The van der Waals surface area contributed by atoms with Gasteiger partial charge in [-0.15, -0.1) is 0 Å². The number of benzene rings is 1. The zero-order chi connectivity index (χ0) is 11.2. The fraction of sp³-hybridized carbons (Fsp3) is 0.214. The van der Waals surface area contributed by atoms with Crippen LogP contribution in [0.5, 0.6) is 0 Å². The molecule has 2 nitrogen and oxygen atoms in total. The highest BCUT2D eigenvalue weighted by molar-refractivity contribution is 5.42. The van der Waals surface area contributed by atoms with Crippen molar-refractivity contribution in [3.8, 4) is 0 Å². The molecular weight excluding hydrogens is 196 g/mol. The molecule has 0 aliphatic carbocycles. The van der Waals surface area contributed by atoms with Gasteiger partial charge in [0.1, 0.15) is 0 Å². The number of likely N-dealkylation sites (N-methyl/N-ethyl adjacent to an activating group) is 1. The number of rotatable bonds is 4. The van der Waals surface area contributed by atoms with E-state index in [1.54, 1.807) is 6.20 Å². The molecule has 2 rings (SSSR count). The Morgan fingerprint density at radius 2 is 1.88 bits per heavy atom. The molecule has 0 N–H and O–H groups in total. The monoisotopic (exact) mass is 212 g/mol. The molecule has 0 fully saturated rings. The largest absolute Gasteiger partial charge is 0.373 e. The number of hydrogen-bond acceptors (Lipinski definition) is 2. The lowest BCUT2D eigenvalue weighted by atomic mass is 10.1. The van der Waals surface area contributed by atoms with Crippen LogP contribution in [0, 0.1) is 0 Å². The first kappa shape index (κ1) is 10.7. The van der Waals surface area contributed by atoms with Gasteiger partial charge in [-0.25, -0.2) is 0 Å². The fourth-order valence-corrected chi connectivity index (χ4v) is 1.65. The van der Waals surface area contributed by atoms with Gasteiger partial charge in [0, 0.05) is 19.8 Å². The zero-order valence-corrected chi connectivity index (χ0v) is 9.50. The molecule has 0 aliphatic heterocycles. The smallest absolute Gasteiger partial charge is 0.0550 e. The number of hydrogen-bond donors (Lipinski definition) is 0. The summed E-state index contributed by atoms with van der Waals surface area (Å²) in [6.07, 6.45) is 4.76. The maximum Gasteiger partial charge on any atom is 0.0550 e. The van der Waals surface area contributed by atoms with Gasteiger partial charge in [-0.3, -0.25) is 4.98 Å². The van der Waals surface area contributed by atoms with Crippen LogP contribution in [0.3, 0.4) is 0 Å². The molecule has 0 bridgehead atoms. The topological polar surface area (TPSA) is 16.1 Å². The van der Waals surface area contributed by atoms with Gasteiger partial charge in [0.15, 0.2) is 0 Å². The molecule has 0 saturated carbocycles. The van der Waals surface area contributed by atoms with Gasteiger partial charge >= 0.3 is 0 Å². The van der Waals surface area contributed by atoms with Crippen molar-refractivity contribution in [3.63, 3.8) is 0 Å². The van der Waals surface area contributed by atoms with E-state index in [4.69, 9.17) is 0 Å². The summed E-state index contributed by atoms with van der Waals surface area (Å²) in [7, 11) is 2.10. The summed E-state index contributed by atoms with van der Waals surface area (Å²) >= 11 is 0. The molecule has 1 aromatic heterocycles. The van der Waals surface area contributed by atoms with Crippen molar-refractivity contribution in [1.29, 1.82) is 0 Å².